The van der Waals surface area contributed by atoms with E-state index in [1.807, 2.05) is 11.7 Å². The molecule has 0 atom stereocenters. The molecule has 7 heteroatoms. The topological polar surface area (TPSA) is 54.7 Å². The maximum Gasteiger partial charge on any atom is 0.193 e. The maximum atomic E-state index is 5.19. The summed E-state index contributed by atoms with van der Waals surface area (Å²) in [7, 11) is 3.60. The van der Waals surface area contributed by atoms with Gasteiger partial charge in [0.05, 0.1) is 18.8 Å². The van der Waals surface area contributed by atoms with Crippen molar-refractivity contribution in [1.82, 2.24) is 20.0 Å². The summed E-state index contributed by atoms with van der Waals surface area (Å²) in [5.41, 5.74) is 4.97. The number of piperidine rings is 1. The van der Waals surface area contributed by atoms with E-state index in [4.69, 9.17) is 4.74 Å². The van der Waals surface area contributed by atoms with Gasteiger partial charge in [-0.2, -0.15) is 5.10 Å². The average molecular weight is 525 g/mol. The summed E-state index contributed by atoms with van der Waals surface area (Å²) in [6.45, 7) is 8.53. The number of hydrogen-bond donors (Lipinski definition) is 1. The molecule has 1 saturated heterocycles. The predicted octanol–water partition coefficient (Wildman–Crippen LogP) is 3.79. The number of hydrogen-bond acceptors (Lipinski definition) is 3. The summed E-state index contributed by atoms with van der Waals surface area (Å²) < 4.78 is 7.22. The van der Waals surface area contributed by atoms with Crippen LogP contribution in [0.4, 0.5) is 0 Å². The van der Waals surface area contributed by atoms with E-state index in [9.17, 15) is 0 Å². The predicted molar refractivity (Wildman–Crippen MR) is 134 cm³/mol. The molecule has 1 N–H and O–H groups in total. The monoisotopic (exact) mass is 525 g/mol. The summed E-state index contributed by atoms with van der Waals surface area (Å²) in [6, 6.07) is 10.8. The number of ether oxygens (including phenoxy) is 1. The van der Waals surface area contributed by atoms with Crippen LogP contribution >= 0.6 is 24.0 Å². The minimum Gasteiger partial charge on any atom is -0.383 e. The molecule has 1 aromatic carbocycles. The first-order valence-electron chi connectivity index (χ1n) is 10.6. The van der Waals surface area contributed by atoms with Gasteiger partial charge in [-0.1, -0.05) is 30.3 Å². The highest BCUT2D eigenvalue weighted by atomic mass is 127. The Morgan fingerprint density at radius 1 is 1.20 bits per heavy atom. The van der Waals surface area contributed by atoms with Crippen molar-refractivity contribution < 1.29 is 4.74 Å². The number of halogens is 1. The standard InChI is InChI=1S/C23H35N5O.HI/c1-18-22(19(2)28(26-18)14-15-29-4)17-25-23(24-3)27-12-10-21(11-13-27)16-20-8-6-5-7-9-20;/h5-9,21H,10-17H2,1-4H3,(H,24,25);1H. The van der Waals surface area contributed by atoms with Gasteiger partial charge < -0.3 is 15.0 Å². The zero-order valence-corrected chi connectivity index (χ0v) is 21.1. The molecule has 3 rings (SSSR count). The Kier molecular flexibility index (Phi) is 10.1. The minimum atomic E-state index is 0. The fourth-order valence-electron chi connectivity index (χ4n) is 4.18. The highest BCUT2D eigenvalue weighted by molar-refractivity contribution is 14.0. The molecule has 0 saturated carbocycles. The van der Waals surface area contributed by atoms with Gasteiger partial charge in [0.25, 0.3) is 0 Å². The van der Waals surface area contributed by atoms with Gasteiger partial charge in [0.15, 0.2) is 5.96 Å². The number of nitrogens with one attached hydrogen (secondary N) is 1. The molecule has 2 aromatic rings. The molecule has 30 heavy (non-hydrogen) atoms. The Balaban J connectivity index is 0.00000320. The first-order valence-corrected chi connectivity index (χ1v) is 10.6. The maximum absolute atomic E-state index is 5.19. The normalized spacial score (nSPS) is 15.2. The number of methoxy groups -OCH3 is 1. The minimum absolute atomic E-state index is 0. The van der Waals surface area contributed by atoms with Gasteiger partial charge in [-0.25, -0.2) is 0 Å². The zero-order valence-electron chi connectivity index (χ0n) is 18.7. The molecule has 0 spiro atoms. The van der Waals surface area contributed by atoms with Crippen molar-refractivity contribution in [1.29, 1.82) is 0 Å². The van der Waals surface area contributed by atoms with E-state index in [0.29, 0.717) is 6.61 Å². The van der Waals surface area contributed by atoms with E-state index in [1.54, 1.807) is 7.11 Å². The number of guanidine groups is 1. The van der Waals surface area contributed by atoms with Gasteiger partial charge in [-0.05, 0) is 44.6 Å². The molecular formula is C23H36IN5O. The molecule has 0 aliphatic carbocycles. The summed E-state index contributed by atoms with van der Waals surface area (Å²) in [5.74, 6) is 1.75. The molecule has 6 nitrogen and oxygen atoms in total. The highest BCUT2D eigenvalue weighted by Gasteiger charge is 2.22. The molecule has 2 heterocycles. The summed E-state index contributed by atoms with van der Waals surface area (Å²) in [5, 5.41) is 8.22. The van der Waals surface area contributed by atoms with Crippen LogP contribution in [-0.2, 0) is 24.2 Å². The van der Waals surface area contributed by atoms with E-state index >= 15 is 0 Å². The van der Waals surface area contributed by atoms with Crippen LogP contribution in [0, 0.1) is 19.8 Å². The van der Waals surface area contributed by atoms with E-state index in [-0.39, 0.29) is 24.0 Å². The van der Waals surface area contributed by atoms with Crippen molar-refractivity contribution in [2.45, 2.75) is 46.2 Å². The van der Waals surface area contributed by atoms with Crippen molar-refractivity contribution >= 4 is 29.9 Å². The highest BCUT2D eigenvalue weighted by Crippen LogP contribution is 2.22. The number of benzene rings is 1. The Bertz CT molecular complexity index is 797. The molecular weight excluding hydrogens is 489 g/mol. The lowest BCUT2D eigenvalue weighted by Gasteiger charge is -2.34. The molecule has 0 amide bonds. The third-order valence-corrected chi connectivity index (χ3v) is 5.95. The van der Waals surface area contributed by atoms with Gasteiger partial charge in [0.1, 0.15) is 0 Å². The van der Waals surface area contributed by atoms with Crippen LogP contribution < -0.4 is 5.32 Å². The Morgan fingerprint density at radius 3 is 2.53 bits per heavy atom. The second-order valence-corrected chi connectivity index (χ2v) is 7.89. The van der Waals surface area contributed by atoms with Crippen molar-refractivity contribution in [3.8, 4) is 0 Å². The fraction of sp³-hybridized carbons (Fsp3) is 0.565. The molecule has 166 valence electrons. The summed E-state index contributed by atoms with van der Waals surface area (Å²) in [4.78, 5) is 6.93. The third-order valence-electron chi connectivity index (χ3n) is 5.95. The first-order chi connectivity index (χ1) is 14.1. The molecule has 0 bridgehead atoms. The zero-order chi connectivity index (χ0) is 20.6. The summed E-state index contributed by atoms with van der Waals surface area (Å²) >= 11 is 0. The second-order valence-electron chi connectivity index (χ2n) is 7.89. The molecule has 1 aliphatic heterocycles. The van der Waals surface area contributed by atoms with Gasteiger partial charge >= 0.3 is 0 Å². The smallest absolute Gasteiger partial charge is 0.193 e. The largest absolute Gasteiger partial charge is 0.383 e. The van der Waals surface area contributed by atoms with Crippen molar-refractivity contribution in [3.63, 3.8) is 0 Å². The Hall–Kier alpha value is -1.61. The van der Waals surface area contributed by atoms with Crippen LogP contribution in [0.5, 0.6) is 0 Å². The number of aryl methyl sites for hydroxylation is 1. The van der Waals surface area contributed by atoms with Gasteiger partial charge in [-0.15, -0.1) is 24.0 Å². The van der Waals surface area contributed by atoms with E-state index < -0.39 is 0 Å². The third kappa shape index (κ3) is 6.44. The van der Waals surface area contributed by atoms with Crippen LogP contribution in [0.15, 0.2) is 35.3 Å². The van der Waals surface area contributed by atoms with E-state index in [2.05, 4.69) is 64.5 Å². The molecule has 1 fully saturated rings. The molecule has 1 aromatic heterocycles. The number of aliphatic imine (C=N–C) groups is 1. The number of nitrogens with zero attached hydrogens (tertiary/aromatic N) is 4. The summed E-state index contributed by atoms with van der Waals surface area (Å²) in [6.07, 6.45) is 3.60. The van der Waals surface area contributed by atoms with Gasteiger partial charge in [0, 0.05) is 45.0 Å². The van der Waals surface area contributed by atoms with Crippen LogP contribution in [0.2, 0.25) is 0 Å². The fourth-order valence-corrected chi connectivity index (χ4v) is 4.18. The van der Waals surface area contributed by atoms with E-state index in [1.165, 1.54) is 36.1 Å². The number of aromatic nitrogens is 2. The lowest BCUT2D eigenvalue weighted by atomic mass is 9.90. The lowest BCUT2D eigenvalue weighted by Crippen LogP contribution is -2.45. The SMILES string of the molecule is CN=C(NCc1c(C)nn(CCOC)c1C)N1CCC(Cc2ccccc2)CC1.I. The second kappa shape index (κ2) is 12.3. The first kappa shape index (κ1) is 24.7. The average Bonchev–Trinajstić information content (AvgIpc) is 3.01. The van der Waals surface area contributed by atoms with E-state index in [0.717, 1.165) is 43.8 Å². The van der Waals surface area contributed by atoms with Crippen LogP contribution in [0.3, 0.4) is 0 Å². The van der Waals surface area contributed by atoms with Crippen molar-refractivity contribution in [3.05, 3.63) is 52.8 Å². The van der Waals surface area contributed by atoms with Gasteiger partial charge in [-0.3, -0.25) is 9.67 Å². The molecule has 0 radical (unpaired) electrons. The Morgan fingerprint density at radius 2 is 1.90 bits per heavy atom. The van der Waals surface area contributed by atoms with Crippen LogP contribution in [0.1, 0.15) is 35.4 Å². The molecule has 0 unspecified atom stereocenters. The lowest BCUT2D eigenvalue weighted by molar-refractivity contribution is 0.182. The molecule has 1 aliphatic rings. The Labute approximate surface area is 198 Å². The number of likely N-dealkylation sites (tertiary alicyclic amines) is 1. The quantitative estimate of drug-likeness (QED) is 0.340. The number of rotatable bonds is 7. The van der Waals surface area contributed by atoms with Crippen LogP contribution in [-0.4, -0.2) is 54.5 Å². The van der Waals surface area contributed by atoms with Gasteiger partial charge in [0.2, 0.25) is 0 Å². The van der Waals surface area contributed by atoms with Crippen molar-refractivity contribution in [2.24, 2.45) is 10.9 Å². The van der Waals surface area contributed by atoms with Crippen LogP contribution in [0.25, 0.3) is 0 Å². The van der Waals surface area contributed by atoms with Crippen molar-refractivity contribution in [2.75, 3.05) is 33.9 Å².